The fraction of sp³-hybridized carbons (Fsp3) is 0.176. The average molecular weight is 352 g/mol. The highest BCUT2D eigenvalue weighted by Gasteiger charge is 2.19. The number of hydrogen-bond acceptors (Lipinski definition) is 3. The van der Waals surface area contributed by atoms with E-state index in [0.717, 1.165) is 5.56 Å². The molecule has 0 radical (unpaired) electrons. The summed E-state index contributed by atoms with van der Waals surface area (Å²) in [6.45, 7) is 3.41. The lowest BCUT2D eigenvalue weighted by Crippen LogP contribution is -2.30. The molecule has 0 bridgehead atoms. The van der Waals surface area contributed by atoms with Crippen LogP contribution in [0, 0.1) is 6.92 Å². The lowest BCUT2D eigenvalue weighted by molar-refractivity contribution is -0.123. The molecule has 0 aromatic heterocycles. The molecule has 0 spiro atoms. The minimum atomic E-state index is -0.962. The van der Waals surface area contributed by atoms with Crippen molar-refractivity contribution in [2.45, 2.75) is 20.0 Å². The Kier molecular flexibility index (Phi) is 5.64. The summed E-state index contributed by atoms with van der Waals surface area (Å²) in [5.74, 6) is -1.04. The summed E-state index contributed by atoms with van der Waals surface area (Å²) < 4.78 is 5.15. The van der Waals surface area contributed by atoms with Crippen molar-refractivity contribution < 1.29 is 14.3 Å². The molecule has 0 aliphatic carbocycles. The first kappa shape index (κ1) is 17.3. The Morgan fingerprint density at radius 2 is 1.74 bits per heavy atom. The summed E-state index contributed by atoms with van der Waals surface area (Å²) >= 11 is 11.8. The maximum Gasteiger partial charge on any atom is 0.338 e. The van der Waals surface area contributed by atoms with Crippen molar-refractivity contribution in [1.29, 1.82) is 0 Å². The van der Waals surface area contributed by atoms with Crippen LogP contribution in [0.2, 0.25) is 10.0 Å². The van der Waals surface area contributed by atoms with Gasteiger partial charge in [0.05, 0.1) is 16.3 Å². The Hall–Kier alpha value is -2.04. The molecule has 6 heteroatoms. The van der Waals surface area contributed by atoms with E-state index in [-0.39, 0.29) is 0 Å². The highest BCUT2D eigenvalue weighted by molar-refractivity contribution is 6.36. The first-order valence-electron chi connectivity index (χ1n) is 6.90. The van der Waals surface area contributed by atoms with Crippen LogP contribution in [0.25, 0.3) is 0 Å². The number of amides is 1. The van der Waals surface area contributed by atoms with E-state index in [1.807, 2.05) is 6.92 Å². The second-order valence-corrected chi connectivity index (χ2v) is 5.87. The van der Waals surface area contributed by atoms with Crippen LogP contribution < -0.4 is 5.32 Å². The number of carbonyl (C=O) groups excluding carboxylic acids is 2. The van der Waals surface area contributed by atoms with Gasteiger partial charge in [-0.05, 0) is 44.2 Å². The molecule has 2 rings (SSSR count). The molecule has 2 aromatic rings. The van der Waals surface area contributed by atoms with E-state index in [4.69, 9.17) is 27.9 Å². The van der Waals surface area contributed by atoms with Gasteiger partial charge in [-0.3, -0.25) is 4.79 Å². The summed E-state index contributed by atoms with van der Waals surface area (Å²) in [6, 6.07) is 11.6. The molecule has 1 amide bonds. The maximum absolute atomic E-state index is 12.1. The standard InChI is InChI=1S/C17H15Cl2NO3/c1-10-3-5-12(6-4-10)17(22)23-11(2)16(21)20-15-8-7-13(18)9-14(15)19/h3-9,11H,1-2H3,(H,20,21)/t11-/m1/s1. The Labute approximate surface area is 144 Å². The lowest BCUT2D eigenvalue weighted by Gasteiger charge is -2.14. The molecule has 0 unspecified atom stereocenters. The zero-order valence-electron chi connectivity index (χ0n) is 12.6. The van der Waals surface area contributed by atoms with Gasteiger partial charge in [-0.2, -0.15) is 0 Å². The lowest BCUT2D eigenvalue weighted by atomic mass is 10.1. The van der Waals surface area contributed by atoms with Crippen molar-refractivity contribution in [2.75, 3.05) is 5.32 Å². The van der Waals surface area contributed by atoms with Crippen molar-refractivity contribution >= 4 is 40.8 Å². The van der Waals surface area contributed by atoms with E-state index in [2.05, 4.69) is 5.32 Å². The molecule has 0 heterocycles. The Morgan fingerprint density at radius 1 is 1.09 bits per heavy atom. The highest BCUT2D eigenvalue weighted by Crippen LogP contribution is 2.25. The summed E-state index contributed by atoms with van der Waals surface area (Å²) in [5.41, 5.74) is 1.82. The fourth-order valence-electron chi connectivity index (χ4n) is 1.80. The van der Waals surface area contributed by atoms with Crippen molar-refractivity contribution in [3.05, 3.63) is 63.6 Å². The Bertz CT molecular complexity index is 729. The van der Waals surface area contributed by atoms with Gasteiger partial charge >= 0.3 is 5.97 Å². The number of halogens is 2. The maximum atomic E-state index is 12.1. The topological polar surface area (TPSA) is 55.4 Å². The van der Waals surface area contributed by atoms with Crippen LogP contribution in [0.5, 0.6) is 0 Å². The Morgan fingerprint density at radius 3 is 2.35 bits per heavy atom. The van der Waals surface area contributed by atoms with E-state index in [1.165, 1.54) is 13.0 Å². The van der Waals surface area contributed by atoms with Crippen LogP contribution in [0.3, 0.4) is 0 Å². The number of anilines is 1. The third-order valence-electron chi connectivity index (χ3n) is 3.13. The minimum Gasteiger partial charge on any atom is -0.449 e. The largest absolute Gasteiger partial charge is 0.449 e. The molecule has 23 heavy (non-hydrogen) atoms. The van der Waals surface area contributed by atoms with Gasteiger partial charge in [0.15, 0.2) is 6.10 Å². The third kappa shape index (κ3) is 4.71. The van der Waals surface area contributed by atoms with E-state index >= 15 is 0 Å². The number of nitrogens with one attached hydrogen (secondary N) is 1. The van der Waals surface area contributed by atoms with Crippen molar-refractivity contribution in [3.8, 4) is 0 Å². The average Bonchev–Trinajstić information content (AvgIpc) is 2.50. The van der Waals surface area contributed by atoms with Gasteiger partial charge in [-0.1, -0.05) is 40.9 Å². The van der Waals surface area contributed by atoms with Crippen LogP contribution in [-0.4, -0.2) is 18.0 Å². The number of benzene rings is 2. The van der Waals surface area contributed by atoms with Crippen molar-refractivity contribution in [1.82, 2.24) is 0 Å². The smallest absolute Gasteiger partial charge is 0.338 e. The van der Waals surface area contributed by atoms with Gasteiger partial charge in [-0.25, -0.2) is 4.79 Å². The number of carbonyl (C=O) groups is 2. The van der Waals surface area contributed by atoms with Crippen molar-refractivity contribution in [2.24, 2.45) is 0 Å². The molecular formula is C17H15Cl2NO3. The van der Waals surface area contributed by atoms with E-state index < -0.39 is 18.0 Å². The monoisotopic (exact) mass is 351 g/mol. The van der Waals surface area contributed by atoms with Gasteiger partial charge in [-0.15, -0.1) is 0 Å². The third-order valence-corrected chi connectivity index (χ3v) is 3.68. The van der Waals surface area contributed by atoms with E-state index in [0.29, 0.717) is 21.3 Å². The zero-order valence-corrected chi connectivity index (χ0v) is 14.1. The molecule has 4 nitrogen and oxygen atoms in total. The molecule has 1 N–H and O–H groups in total. The summed E-state index contributed by atoms with van der Waals surface area (Å²) in [7, 11) is 0. The highest BCUT2D eigenvalue weighted by atomic mass is 35.5. The molecule has 2 aromatic carbocycles. The van der Waals surface area contributed by atoms with Gasteiger partial charge < -0.3 is 10.1 Å². The predicted octanol–water partition coefficient (Wildman–Crippen LogP) is 4.49. The van der Waals surface area contributed by atoms with Crippen LogP contribution in [0.15, 0.2) is 42.5 Å². The fourth-order valence-corrected chi connectivity index (χ4v) is 2.25. The second-order valence-electron chi connectivity index (χ2n) is 5.03. The number of hydrogen-bond donors (Lipinski definition) is 1. The number of ether oxygens (including phenoxy) is 1. The summed E-state index contributed by atoms with van der Waals surface area (Å²) in [5, 5.41) is 3.37. The zero-order chi connectivity index (χ0) is 17.0. The molecule has 1 atom stereocenters. The van der Waals surface area contributed by atoms with Crippen LogP contribution in [0.1, 0.15) is 22.8 Å². The van der Waals surface area contributed by atoms with Crippen LogP contribution in [-0.2, 0) is 9.53 Å². The molecule has 0 aliphatic heterocycles. The molecule has 0 saturated heterocycles. The molecule has 0 fully saturated rings. The predicted molar refractivity (Wildman–Crippen MR) is 91.1 cm³/mol. The summed E-state index contributed by atoms with van der Waals surface area (Å²) in [6.07, 6.45) is -0.962. The second kappa shape index (κ2) is 7.49. The Balaban J connectivity index is 1.99. The molecule has 0 aliphatic rings. The normalized spacial score (nSPS) is 11.7. The minimum absolute atomic E-state index is 0.308. The molecular weight excluding hydrogens is 337 g/mol. The molecule has 0 saturated carbocycles. The van der Waals surface area contributed by atoms with Gasteiger partial charge in [0.1, 0.15) is 0 Å². The van der Waals surface area contributed by atoms with Crippen LogP contribution >= 0.6 is 23.2 Å². The van der Waals surface area contributed by atoms with Gasteiger partial charge in [0, 0.05) is 5.02 Å². The first-order valence-corrected chi connectivity index (χ1v) is 7.66. The first-order chi connectivity index (χ1) is 10.9. The van der Waals surface area contributed by atoms with E-state index in [1.54, 1.807) is 36.4 Å². The van der Waals surface area contributed by atoms with Gasteiger partial charge in [0.2, 0.25) is 0 Å². The van der Waals surface area contributed by atoms with Gasteiger partial charge in [0.25, 0.3) is 5.91 Å². The van der Waals surface area contributed by atoms with Crippen molar-refractivity contribution in [3.63, 3.8) is 0 Å². The number of esters is 1. The number of rotatable bonds is 4. The van der Waals surface area contributed by atoms with Crippen LogP contribution in [0.4, 0.5) is 5.69 Å². The SMILES string of the molecule is Cc1ccc(C(=O)O[C@H](C)C(=O)Nc2ccc(Cl)cc2Cl)cc1. The number of aryl methyl sites for hydroxylation is 1. The summed E-state index contributed by atoms with van der Waals surface area (Å²) in [4.78, 5) is 24.1. The quantitative estimate of drug-likeness (QED) is 0.825. The van der Waals surface area contributed by atoms with E-state index in [9.17, 15) is 9.59 Å². The molecule has 120 valence electrons.